The molecule has 274 valence electrons. The van der Waals surface area contributed by atoms with Crippen molar-refractivity contribution in [3.8, 4) is 0 Å². The van der Waals surface area contributed by atoms with Crippen LogP contribution in [0.2, 0.25) is 0 Å². The molecule has 0 aromatic rings. The van der Waals surface area contributed by atoms with Crippen molar-refractivity contribution in [2.45, 2.75) is 183 Å². The maximum Gasteiger partial charge on any atom is 0.310 e. The Kier molecular flexibility index (Phi) is 34.9. The lowest BCUT2D eigenvalue weighted by Gasteiger charge is -2.39. The van der Waals surface area contributed by atoms with Gasteiger partial charge in [0.2, 0.25) is 0 Å². The largest absolute Gasteiger partial charge is 0.370 e. The minimum atomic E-state index is -1.06. The summed E-state index contributed by atoms with van der Waals surface area (Å²) in [5.41, 5.74) is 5.73. The third-order valence-corrected chi connectivity index (χ3v) is 7.82. The first-order chi connectivity index (χ1) is 21.9. The first-order valence-electron chi connectivity index (χ1n) is 19.1. The topological polar surface area (TPSA) is 90.6 Å². The number of hydrogen-bond donors (Lipinski definition) is 1. The van der Waals surface area contributed by atoms with E-state index in [1.807, 2.05) is 48.5 Å². The SMILES string of the molecule is CCCCCCCCC(CCCN)C(OCC)(OCC)OCC.CCCCCCCCC(OCC)C(OCC)(OCC)OCC. The summed E-state index contributed by atoms with van der Waals surface area (Å²) in [6.45, 7) is 23.1. The lowest BCUT2D eigenvalue weighted by atomic mass is 9.92. The second-order valence-corrected chi connectivity index (χ2v) is 11.5. The fourth-order valence-corrected chi connectivity index (χ4v) is 5.80. The molecule has 0 heterocycles. The van der Waals surface area contributed by atoms with Crippen LogP contribution in [-0.4, -0.2) is 70.8 Å². The van der Waals surface area contributed by atoms with Gasteiger partial charge in [-0.25, -0.2) is 0 Å². The van der Waals surface area contributed by atoms with E-state index >= 15 is 0 Å². The van der Waals surface area contributed by atoms with Gasteiger partial charge in [-0.2, -0.15) is 0 Å². The standard InChI is InChI=1S/C19H41NO3.C18H38O4/c1-5-9-10-11-12-13-15-18(16-14-17-20)19(21-6-2,22-7-3)23-8-4;1-6-11-12-13-14-15-16-17(19-7-2)18(20-8-3,21-9-4)22-10-5/h18H,5-17,20H2,1-4H3;17H,6-16H2,1-5H3. The van der Waals surface area contributed by atoms with Gasteiger partial charge in [0.1, 0.15) is 6.10 Å². The van der Waals surface area contributed by atoms with Gasteiger partial charge in [0.15, 0.2) is 0 Å². The van der Waals surface area contributed by atoms with Gasteiger partial charge in [-0.1, -0.05) is 90.9 Å². The molecule has 2 N–H and O–H groups in total. The van der Waals surface area contributed by atoms with Crippen LogP contribution in [0.25, 0.3) is 0 Å². The molecule has 0 radical (unpaired) electrons. The van der Waals surface area contributed by atoms with Crippen LogP contribution in [-0.2, 0) is 33.2 Å². The van der Waals surface area contributed by atoms with Crippen molar-refractivity contribution < 1.29 is 33.2 Å². The van der Waals surface area contributed by atoms with Gasteiger partial charge in [0, 0.05) is 52.2 Å². The zero-order chi connectivity index (χ0) is 34.1. The maximum absolute atomic E-state index is 5.98. The van der Waals surface area contributed by atoms with E-state index in [1.54, 1.807) is 0 Å². The van der Waals surface area contributed by atoms with Crippen molar-refractivity contribution >= 4 is 0 Å². The molecule has 0 aromatic heterocycles. The molecule has 0 aliphatic carbocycles. The molecule has 0 amide bonds. The molecule has 0 saturated heterocycles. The lowest BCUT2D eigenvalue weighted by molar-refractivity contribution is -0.415. The molecular weight excluding hydrogens is 570 g/mol. The molecule has 0 spiro atoms. The Morgan fingerprint density at radius 3 is 1.13 bits per heavy atom. The Labute approximate surface area is 280 Å². The van der Waals surface area contributed by atoms with Gasteiger partial charge >= 0.3 is 5.97 Å². The van der Waals surface area contributed by atoms with Crippen LogP contribution in [0.5, 0.6) is 0 Å². The first kappa shape index (κ1) is 46.8. The molecule has 0 rings (SSSR count). The molecule has 2 atom stereocenters. The molecule has 0 aromatic carbocycles. The average molecular weight is 650 g/mol. The molecule has 0 saturated carbocycles. The van der Waals surface area contributed by atoms with E-state index in [1.165, 1.54) is 70.6 Å². The normalized spacial score (nSPS) is 13.5. The van der Waals surface area contributed by atoms with Crippen molar-refractivity contribution in [1.82, 2.24) is 0 Å². The summed E-state index contributed by atoms with van der Waals surface area (Å²) in [5, 5.41) is 0. The Morgan fingerprint density at radius 2 is 0.756 bits per heavy atom. The highest BCUT2D eigenvalue weighted by molar-refractivity contribution is 4.74. The highest BCUT2D eigenvalue weighted by Gasteiger charge is 2.43. The molecule has 0 aliphatic rings. The van der Waals surface area contributed by atoms with E-state index in [-0.39, 0.29) is 12.0 Å². The van der Waals surface area contributed by atoms with Crippen LogP contribution < -0.4 is 5.73 Å². The number of nitrogens with two attached hydrogens (primary N) is 1. The third kappa shape index (κ3) is 22.0. The summed E-state index contributed by atoms with van der Waals surface area (Å²) in [7, 11) is 0. The van der Waals surface area contributed by atoms with Crippen LogP contribution in [0, 0.1) is 5.92 Å². The molecule has 0 aliphatic heterocycles. The number of unbranched alkanes of at least 4 members (excludes halogenated alkanes) is 10. The molecule has 0 fully saturated rings. The molecular formula is C37H79NO7. The molecule has 45 heavy (non-hydrogen) atoms. The van der Waals surface area contributed by atoms with Gasteiger partial charge < -0.3 is 38.9 Å². The number of rotatable bonds is 33. The average Bonchev–Trinajstić information content (AvgIpc) is 3.02. The number of hydrogen-bond acceptors (Lipinski definition) is 8. The number of ether oxygens (including phenoxy) is 7. The Balaban J connectivity index is 0. The van der Waals surface area contributed by atoms with Crippen molar-refractivity contribution in [3.63, 3.8) is 0 Å². The zero-order valence-corrected chi connectivity index (χ0v) is 31.6. The second kappa shape index (κ2) is 33.6. The van der Waals surface area contributed by atoms with Gasteiger partial charge in [-0.15, -0.1) is 0 Å². The maximum atomic E-state index is 5.98. The molecule has 8 nitrogen and oxygen atoms in total. The van der Waals surface area contributed by atoms with Crippen LogP contribution in [0.3, 0.4) is 0 Å². The van der Waals surface area contributed by atoms with E-state index in [0.29, 0.717) is 52.8 Å². The predicted octanol–water partition coefficient (Wildman–Crippen LogP) is 9.76. The summed E-state index contributed by atoms with van der Waals surface area (Å²) in [6, 6.07) is 0. The summed E-state index contributed by atoms with van der Waals surface area (Å²) in [6.07, 6.45) is 19.1. The highest BCUT2D eigenvalue weighted by Crippen LogP contribution is 2.34. The van der Waals surface area contributed by atoms with E-state index in [2.05, 4.69) is 13.8 Å². The molecule has 2 unspecified atom stereocenters. The smallest absolute Gasteiger partial charge is 0.310 e. The van der Waals surface area contributed by atoms with E-state index < -0.39 is 11.9 Å². The van der Waals surface area contributed by atoms with E-state index in [4.69, 9.17) is 38.9 Å². The summed E-state index contributed by atoms with van der Waals surface area (Å²) in [4.78, 5) is 0. The van der Waals surface area contributed by atoms with Crippen molar-refractivity contribution in [2.24, 2.45) is 11.7 Å². The summed E-state index contributed by atoms with van der Waals surface area (Å²) >= 11 is 0. The summed E-state index contributed by atoms with van der Waals surface area (Å²) in [5.74, 6) is -1.70. The van der Waals surface area contributed by atoms with Crippen molar-refractivity contribution in [3.05, 3.63) is 0 Å². The van der Waals surface area contributed by atoms with E-state index in [9.17, 15) is 0 Å². The first-order valence-corrected chi connectivity index (χ1v) is 19.1. The van der Waals surface area contributed by atoms with E-state index in [0.717, 1.165) is 32.1 Å². The van der Waals surface area contributed by atoms with Gasteiger partial charge in [0.05, 0.1) is 0 Å². The Bertz CT molecular complexity index is 547. The Morgan fingerprint density at radius 1 is 0.400 bits per heavy atom. The minimum Gasteiger partial charge on any atom is -0.370 e. The Hall–Kier alpha value is -0.320. The quantitative estimate of drug-likeness (QED) is 0.0555. The van der Waals surface area contributed by atoms with Crippen LogP contribution in [0.15, 0.2) is 0 Å². The van der Waals surface area contributed by atoms with Gasteiger partial charge in [-0.05, 0) is 80.7 Å². The fraction of sp³-hybridized carbons (Fsp3) is 1.00. The van der Waals surface area contributed by atoms with Crippen LogP contribution >= 0.6 is 0 Å². The second-order valence-electron chi connectivity index (χ2n) is 11.5. The van der Waals surface area contributed by atoms with Gasteiger partial charge in [-0.3, -0.25) is 0 Å². The van der Waals surface area contributed by atoms with Crippen molar-refractivity contribution in [2.75, 3.05) is 52.8 Å². The monoisotopic (exact) mass is 650 g/mol. The van der Waals surface area contributed by atoms with Gasteiger partial charge in [0.25, 0.3) is 5.97 Å². The predicted molar refractivity (Wildman–Crippen MR) is 188 cm³/mol. The fourth-order valence-electron chi connectivity index (χ4n) is 5.80. The summed E-state index contributed by atoms with van der Waals surface area (Å²) < 4.78 is 41.4. The highest BCUT2D eigenvalue weighted by atomic mass is 16.9. The molecule has 0 bridgehead atoms. The van der Waals surface area contributed by atoms with Crippen LogP contribution in [0.4, 0.5) is 0 Å². The third-order valence-electron chi connectivity index (χ3n) is 7.82. The minimum absolute atomic E-state index is 0.177. The molecule has 8 heteroatoms. The van der Waals surface area contributed by atoms with Crippen molar-refractivity contribution in [1.29, 1.82) is 0 Å². The zero-order valence-electron chi connectivity index (χ0n) is 31.6. The lowest BCUT2D eigenvalue weighted by Crippen LogP contribution is -2.51. The van der Waals surface area contributed by atoms with Crippen LogP contribution in [0.1, 0.15) is 165 Å².